The summed E-state index contributed by atoms with van der Waals surface area (Å²) in [6, 6.07) is 8.55. The highest BCUT2D eigenvalue weighted by Gasteiger charge is 2.09. The van der Waals surface area contributed by atoms with Crippen molar-refractivity contribution >= 4 is 23.1 Å². The minimum absolute atomic E-state index is 0.0211. The van der Waals surface area contributed by atoms with Gasteiger partial charge in [-0.1, -0.05) is 23.7 Å². The molecule has 3 nitrogen and oxygen atoms in total. The molecule has 2 N–H and O–H groups in total. The third-order valence-electron chi connectivity index (χ3n) is 2.44. The molecule has 0 aliphatic carbocycles. The Hall–Kier alpha value is -1.87. The highest BCUT2D eigenvalue weighted by Crippen LogP contribution is 2.15. The van der Waals surface area contributed by atoms with Gasteiger partial charge in [0.05, 0.1) is 0 Å². The lowest BCUT2D eigenvalue weighted by molar-refractivity contribution is 0.0993. The van der Waals surface area contributed by atoms with Gasteiger partial charge in [-0.15, -0.1) is 0 Å². The zero-order valence-corrected chi connectivity index (χ0v) is 9.82. The van der Waals surface area contributed by atoms with Gasteiger partial charge in [0.15, 0.2) is 5.78 Å². The zero-order valence-electron chi connectivity index (χ0n) is 9.06. The summed E-state index contributed by atoms with van der Waals surface area (Å²) in [5.41, 5.74) is 7.66. The fraction of sp³-hybridized carbons (Fsp3) is 0.0769. The Labute approximate surface area is 104 Å². The van der Waals surface area contributed by atoms with Crippen LogP contribution < -0.4 is 5.73 Å². The van der Waals surface area contributed by atoms with Crippen LogP contribution in [0.1, 0.15) is 15.9 Å². The van der Waals surface area contributed by atoms with Gasteiger partial charge in [-0.2, -0.15) is 0 Å². The minimum Gasteiger partial charge on any atom is -0.398 e. The molecule has 0 fully saturated rings. The molecule has 0 bridgehead atoms. The van der Waals surface area contributed by atoms with Gasteiger partial charge in [0.25, 0.3) is 0 Å². The maximum Gasteiger partial charge on any atom is 0.167 e. The van der Waals surface area contributed by atoms with Crippen LogP contribution in [0.2, 0.25) is 5.02 Å². The summed E-state index contributed by atoms with van der Waals surface area (Å²) in [6.45, 7) is 0. The summed E-state index contributed by atoms with van der Waals surface area (Å²) in [5, 5.41) is 0.551. The number of nitrogens with zero attached hydrogens (tertiary/aromatic N) is 1. The molecule has 0 unspecified atom stereocenters. The topological polar surface area (TPSA) is 56.0 Å². The molecule has 0 saturated heterocycles. The Bertz CT molecular complexity index is 555. The molecular weight excluding hydrogens is 236 g/mol. The van der Waals surface area contributed by atoms with Crippen molar-refractivity contribution in [3.63, 3.8) is 0 Å². The van der Waals surface area contributed by atoms with Crippen LogP contribution in [0.4, 0.5) is 5.69 Å². The van der Waals surface area contributed by atoms with Crippen LogP contribution in [0, 0.1) is 0 Å². The van der Waals surface area contributed by atoms with Crippen LogP contribution in [-0.2, 0) is 6.42 Å². The summed E-state index contributed by atoms with van der Waals surface area (Å²) in [4.78, 5) is 15.9. The van der Waals surface area contributed by atoms with Crippen molar-refractivity contribution < 1.29 is 4.79 Å². The van der Waals surface area contributed by atoms with Crippen molar-refractivity contribution in [1.29, 1.82) is 0 Å². The summed E-state index contributed by atoms with van der Waals surface area (Å²) in [7, 11) is 0. The molecule has 0 atom stereocenters. The molecule has 0 spiro atoms. The second-order valence-corrected chi connectivity index (χ2v) is 4.12. The van der Waals surface area contributed by atoms with Gasteiger partial charge >= 0.3 is 0 Å². The average molecular weight is 247 g/mol. The smallest absolute Gasteiger partial charge is 0.167 e. The second kappa shape index (κ2) is 4.97. The number of halogens is 1. The van der Waals surface area contributed by atoms with Gasteiger partial charge in [0.1, 0.15) is 0 Å². The van der Waals surface area contributed by atoms with Crippen molar-refractivity contribution in [2.45, 2.75) is 6.42 Å². The van der Waals surface area contributed by atoms with E-state index in [1.165, 1.54) is 0 Å². The number of anilines is 1. The number of benzene rings is 1. The van der Waals surface area contributed by atoms with Crippen LogP contribution in [0.5, 0.6) is 0 Å². The first-order valence-electron chi connectivity index (χ1n) is 5.14. The number of ketones is 1. The number of aromatic nitrogens is 1. The third kappa shape index (κ3) is 2.82. The molecule has 0 amide bonds. The van der Waals surface area contributed by atoms with Crippen molar-refractivity contribution in [2.24, 2.45) is 0 Å². The number of nitrogen functional groups attached to an aromatic ring is 1. The number of Topliss-reactive ketones (excluding diaryl/α,β-unsaturated/α-hetero) is 1. The molecule has 2 rings (SSSR count). The van der Waals surface area contributed by atoms with Crippen LogP contribution in [0.25, 0.3) is 0 Å². The highest BCUT2D eigenvalue weighted by atomic mass is 35.5. The predicted octanol–water partition coefficient (Wildman–Crippen LogP) is 2.74. The SMILES string of the molecule is Nc1ccncc1CC(=O)c1cccc(Cl)c1. The van der Waals surface area contributed by atoms with E-state index in [0.717, 1.165) is 5.56 Å². The van der Waals surface area contributed by atoms with E-state index in [-0.39, 0.29) is 12.2 Å². The average Bonchev–Trinajstić information content (AvgIpc) is 2.32. The first-order valence-corrected chi connectivity index (χ1v) is 5.52. The predicted molar refractivity (Wildman–Crippen MR) is 68.1 cm³/mol. The molecule has 1 aromatic carbocycles. The van der Waals surface area contributed by atoms with E-state index in [1.54, 1.807) is 42.7 Å². The molecule has 17 heavy (non-hydrogen) atoms. The molecule has 0 aliphatic heterocycles. The van der Waals surface area contributed by atoms with Gasteiger partial charge in [-0.3, -0.25) is 9.78 Å². The normalized spacial score (nSPS) is 10.2. The van der Waals surface area contributed by atoms with Gasteiger partial charge in [0.2, 0.25) is 0 Å². The first kappa shape index (κ1) is 11.6. The number of pyridine rings is 1. The van der Waals surface area contributed by atoms with Crippen molar-refractivity contribution in [3.05, 3.63) is 58.9 Å². The zero-order chi connectivity index (χ0) is 12.3. The van der Waals surface area contributed by atoms with Gasteiger partial charge in [0, 0.05) is 40.7 Å². The summed E-state index contributed by atoms with van der Waals surface area (Å²) in [6.07, 6.45) is 3.44. The van der Waals surface area contributed by atoms with Gasteiger partial charge < -0.3 is 5.73 Å². The highest BCUT2D eigenvalue weighted by molar-refractivity contribution is 6.31. The lowest BCUT2D eigenvalue weighted by Crippen LogP contribution is -2.06. The lowest BCUT2D eigenvalue weighted by atomic mass is 10.0. The standard InChI is InChI=1S/C13H11ClN2O/c14-11-3-1-2-9(6-11)13(17)7-10-8-16-5-4-12(10)15/h1-6,8H,7H2,(H2,15,16). The molecule has 4 heteroatoms. The number of nitrogens with two attached hydrogens (primary N) is 1. The number of rotatable bonds is 3. The molecule has 2 aromatic rings. The Morgan fingerprint density at radius 1 is 1.35 bits per heavy atom. The maximum absolute atomic E-state index is 12.0. The number of hydrogen-bond donors (Lipinski definition) is 1. The molecule has 1 aromatic heterocycles. The molecular formula is C13H11ClN2O. The van der Waals surface area contributed by atoms with E-state index in [0.29, 0.717) is 16.3 Å². The van der Waals surface area contributed by atoms with E-state index in [1.807, 2.05) is 0 Å². The van der Waals surface area contributed by atoms with Crippen molar-refractivity contribution in [3.8, 4) is 0 Å². The van der Waals surface area contributed by atoms with Crippen molar-refractivity contribution in [1.82, 2.24) is 4.98 Å². The monoisotopic (exact) mass is 246 g/mol. The van der Waals surface area contributed by atoms with E-state index < -0.39 is 0 Å². The second-order valence-electron chi connectivity index (χ2n) is 3.68. The number of hydrogen-bond acceptors (Lipinski definition) is 3. The van der Waals surface area contributed by atoms with Crippen LogP contribution in [-0.4, -0.2) is 10.8 Å². The van der Waals surface area contributed by atoms with Crippen LogP contribution in [0.15, 0.2) is 42.7 Å². The van der Waals surface area contributed by atoms with Crippen molar-refractivity contribution in [2.75, 3.05) is 5.73 Å². The molecule has 0 aliphatic rings. The number of carbonyl (C=O) groups is 1. The number of carbonyl (C=O) groups excluding carboxylic acids is 1. The Morgan fingerprint density at radius 3 is 2.88 bits per heavy atom. The van der Waals surface area contributed by atoms with E-state index in [4.69, 9.17) is 17.3 Å². The molecule has 0 saturated carbocycles. The quantitative estimate of drug-likeness (QED) is 0.848. The Morgan fingerprint density at radius 2 is 2.18 bits per heavy atom. The van der Waals surface area contributed by atoms with Crippen LogP contribution >= 0.6 is 11.6 Å². The van der Waals surface area contributed by atoms with E-state index in [2.05, 4.69) is 4.98 Å². The van der Waals surface area contributed by atoms with E-state index in [9.17, 15) is 4.79 Å². The maximum atomic E-state index is 12.0. The van der Waals surface area contributed by atoms with Crippen LogP contribution in [0.3, 0.4) is 0 Å². The minimum atomic E-state index is -0.0211. The van der Waals surface area contributed by atoms with Gasteiger partial charge in [-0.25, -0.2) is 0 Å². The first-order chi connectivity index (χ1) is 8.16. The summed E-state index contributed by atoms with van der Waals surface area (Å²) >= 11 is 5.83. The lowest BCUT2D eigenvalue weighted by Gasteiger charge is -2.04. The fourth-order valence-corrected chi connectivity index (χ4v) is 1.71. The molecule has 1 heterocycles. The van der Waals surface area contributed by atoms with Gasteiger partial charge in [-0.05, 0) is 18.2 Å². The van der Waals surface area contributed by atoms with E-state index >= 15 is 0 Å². The summed E-state index contributed by atoms with van der Waals surface area (Å²) < 4.78 is 0. The third-order valence-corrected chi connectivity index (χ3v) is 2.67. The fourth-order valence-electron chi connectivity index (χ4n) is 1.52. The molecule has 0 radical (unpaired) electrons. The molecule has 86 valence electrons. The summed E-state index contributed by atoms with van der Waals surface area (Å²) in [5.74, 6) is -0.0211. The largest absolute Gasteiger partial charge is 0.398 e. The Balaban J connectivity index is 2.20. The Kier molecular flexibility index (Phi) is 3.40.